The van der Waals surface area contributed by atoms with Crippen LogP contribution in [0.5, 0.6) is 5.75 Å². The molecule has 2 rings (SSSR count). The number of halogens is 3. The average molecular weight is 327 g/mol. The minimum atomic E-state index is -0.592. The predicted molar refractivity (Wildman–Crippen MR) is 74.9 cm³/mol. The summed E-state index contributed by atoms with van der Waals surface area (Å²) < 4.78 is 31.8. The van der Waals surface area contributed by atoms with Crippen molar-refractivity contribution >= 4 is 15.9 Å². The first-order valence-electron chi connectivity index (χ1n) is 5.76. The van der Waals surface area contributed by atoms with Gasteiger partial charge in [0.1, 0.15) is 17.4 Å². The van der Waals surface area contributed by atoms with Crippen molar-refractivity contribution in [3.05, 3.63) is 64.7 Å². The maximum Gasteiger partial charge on any atom is 0.126 e. The highest BCUT2D eigenvalue weighted by Crippen LogP contribution is 2.37. The van der Waals surface area contributed by atoms with Gasteiger partial charge in [-0.25, -0.2) is 8.78 Å². The van der Waals surface area contributed by atoms with Crippen LogP contribution >= 0.6 is 15.9 Å². The summed E-state index contributed by atoms with van der Waals surface area (Å²) in [5.74, 6) is -0.505. The van der Waals surface area contributed by atoms with Gasteiger partial charge in [-0.15, -0.1) is 0 Å². The molecule has 0 saturated carbocycles. The third-order valence-electron chi connectivity index (χ3n) is 2.84. The van der Waals surface area contributed by atoms with Gasteiger partial charge in [-0.3, -0.25) is 0 Å². The Kier molecular flexibility index (Phi) is 4.20. The van der Waals surface area contributed by atoms with E-state index >= 15 is 0 Å². The molecule has 4 heteroatoms. The lowest BCUT2D eigenvalue weighted by Gasteiger charge is -2.15. The molecule has 0 radical (unpaired) electrons. The van der Waals surface area contributed by atoms with Gasteiger partial charge in [-0.2, -0.15) is 0 Å². The maximum absolute atomic E-state index is 13.3. The summed E-state index contributed by atoms with van der Waals surface area (Å²) in [4.78, 5) is -0.326. The van der Waals surface area contributed by atoms with Crippen LogP contribution in [0.15, 0.2) is 36.4 Å². The number of hydrogen-bond acceptors (Lipinski definition) is 1. The molecule has 19 heavy (non-hydrogen) atoms. The molecule has 0 aromatic heterocycles. The summed E-state index contributed by atoms with van der Waals surface area (Å²) in [6.45, 7) is 1.95. The molecule has 2 aromatic rings. The number of hydrogen-bond donors (Lipinski definition) is 0. The van der Waals surface area contributed by atoms with Crippen molar-refractivity contribution in [2.45, 2.75) is 11.8 Å². The predicted octanol–water partition coefficient (Wildman–Crippen LogP) is 4.77. The van der Waals surface area contributed by atoms with Crippen LogP contribution in [-0.4, -0.2) is 7.11 Å². The van der Waals surface area contributed by atoms with Crippen molar-refractivity contribution in [3.63, 3.8) is 0 Å². The number of rotatable bonds is 3. The standard InChI is InChI=1S/C15H13BrF2O/c1-9-3-4-14(19-2)13(5-9)15(16)10-6-11(17)8-12(18)7-10/h3-8,15H,1-2H3. The first-order chi connectivity index (χ1) is 9.01. The van der Waals surface area contributed by atoms with E-state index in [1.807, 2.05) is 25.1 Å². The van der Waals surface area contributed by atoms with E-state index in [-0.39, 0.29) is 4.83 Å². The van der Waals surface area contributed by atoms with Gasteiger partial charge in [0.25, 0.3) is 0 Å². The monoisotopic (exact) mass is 326 g/mol. The Labute approximate surface area is 119 Å². The molecular weight excluding hydrogens is 314 g/mol. The topological polar surface area (TPSA) is 9.23 Å². The Morgan fingerprint density at radius 3 is 2.26 bits per heavy atom. The van der Waals surface area contributed by atoms with E-state index in [2.05, 4.69) is 15.9 Å². The highest BCUT2D eigenvalue weighted by Gasteiger charge is 2.17. The lowest BCUT2D eigenvalue weighted by Crippen LogP contribution is -1.99. The second-order valence-corrected chi connectivity index (χ2v) is 5.23. The van der Waals surface area contributed by atoms with Crippen molar-refractivity contribution in [2.75, 3.05) is 7.11 Å². The molecule has 100 valence electrons. The van der Waals surface area contributed by atoms with Crippen LogP contribution in [0, 0.1) is 18.6 Å². The molecule has 1 unspecified atom stereocenters. The Hall–Kier alpha value is -1.42. The van der Waals surface area contributed by atoms with Crippen molar-refractivity contribution in [3.8, 4) is 5.75 Å². The largest absolute Gasteiger partial charge is 0.496 e. The Morgan fingerprint density at radius 1 is 1.05 bits per heavy atom. The first-order valence-corrected chi connectivity index (χ1v) is 6.67. The second-order valence-electron chi connectivity index (χ2n) is 4.31. The van der Waals surface area contributed by atoms with Gasteiger partial charge in [-0.1, -0.05) is 33.6 Å². The van der Waals surface area contributed by atoms with Gasteiger partial charge >= 0.3 is 0 Å². The lowest BCUT2D eigenvalue weighted by atomic mass is 10.0. The molecular formula is C15H13BrF2O. The normalized spacial score (nSPS) is 12.3. The third-order valence-corrected chi connectivity index (χ3v) is 3.86. The quantitative estimate of drug-likeness (QED) is 0.738. The first kappa shape index (κ1) is 14.0. The molecule has 0 heterocycles. The fourth-order valence-corrected chi connectivity index (χ4v) is 2.58. The molecule has 0 saturated heterocycles. The summed E-state index contributed by atoms with van der Waals surface area (Å²) in [6, 6.07) is 9.18. The fourth-order valence-electron chi connectivity index (χ4n) is 1.95. The van der Waals surface area contributed by atoms with Gasteiger partial charge in [0.15, 0.2) is 0 Å². The van der Waals surface area contributed by atoms with Crippen molar-refractivity contribution < 1.29 is 13.5 Å². The van der Waals surface area contributed by atoms with E-state index < -0.39 is 11.6 Å². The summed E-state index contributed by atoms with van der Waals surface area (Å²) in [5, 5.41) is 0. The van der Waals surface area contributed by atoms with Crippen molar-refractivity contribution in [2.24, 2.45) is 0 Å². The van der Waals surface area contributed by atoms with Crippen LogP contribution in [0.2, 0.25) is 0 Å². The van der Waals surface area contributed by atoms with E-state index in [4.69, 9.17) is 4.74 Å². The van der Waals surface area contributed by atoms with Gasteiger partial charge in [0.2, 0.25) is 0 Å². The molecule has 1 atom stereocenters. The molecule has 0 aliphatic heterocycles. The van der Waals surface area contributed by atoms with E-state index in [1.54, 1.807) is 7.11 Å². The van der Waals surface area contributed by atoms with Crippen LogP contribution in [0.25, 0.3) is 0 Å². The van der Waals surface area contributed by atoms with Crippen LogP contribution in [0.1, 0.15) is 21.5 Å². The molecule has 0 amide bonds. The van der Waals surface area contributed by atoms with Gasteiger partial charge in [0, 0.05) is 11.6 Å². The zero-order valence-electron chi connectivity index (χ0n) is 10.6. The SMILES string of the molecule is COc1ccc(C)cc1C(Br)c1cc(F)cc(F)c1. The molecule has 1 nitrogen and oxygen atoms in total. The summed E-state index contributed by atoms with van der Waals surface area (Å²) >= 11 is 3.47. The molecule has 0 fully saturated rings. The highest BCUT2D eigenvalue weighted by molar-refractivity contribution is 9.09. The minimum Gasteiger partial charge on any atom is -0.496 e. The fraction of sp³-hybridized carbons (Fsp3) is 0.200. The number of methoxy groups -OCH3 is 1. The highest BCUT2D eigenvalue weighted by atomic mass is 79.9. The summed E-state index contributed by atoms with van der Waals surface area (Å²) in [7, 11) is 1.57. The number of benzene rings is 2. The Morgan fingerprint density at radius 2 is 1.68 bits per heavy atom. The minimum absolute atomic E-state index is 0.326. The van der Waals surface area contributed by atoms with E-state index in [1.165, 1.54) is 12.1 Å². The van der Waals surface area contributed by atoms with E-state index in [9.17, 15) is 8.78 Å². The zero-order chi connectivity index (χ0) is 14.0. The van der Waals surface area contributed by atoms with Crippen LogP contribution in [-0.2, 0) is 0 Å². The average Bonchev–Trinajstić information content (AvgIpc) is 2.36. The molecule has 0 aliphatic rings. The summed E-state index contributed by atoms with van der Waals surface area (Å²) in [6.07, 6.45) is 0. The summed E-state index contributed by atoms with van der Waals surface area (Å²) in [5.41, 5.74) is 2.41. The lowest BCUT2D eigenvalue weighted by molar-refractivity contribution is 0.410. The molecule has 0 aliphatic carbocycles. The van der Waals surface area contributed by atoms with E-state index in [0.717, 1.165) is 17.2 Å². The van der Waals surface area contributed by atoms with Crippen LogP contribution in [0.3, 0.4) is 0 Å². The number of alkyl halides is 1. The molecule has 0 spiro atoms. The van der Waals surface area contributed by atoms with E-state index in [0.29, 0.717) is 11.3 Å². The van der Waals surface area contributed by atoms with Crippen LogP contribution in [0.4, 0.5) is 8.78 Å². The van der Waals surface area contributed by atoms with Crippen molar-refractivity contribution in [1.29, 1.82) is 0 Å². The van der Waals surface area contributed by atoms with Gasteiger partial charge in [-0.05, 0) is 30.7 Å². The maximum atomic E-state index is 13.3. The second kappa shape index (κ2) is 5.70. The number of aryl methyl sites for hydroxylation is 1. The Balaban J connectivity index is 2.48. The zero-order valence-corrected chi connectivity index (χ0v) is 12.2. The molecule has 2 aromatic carbocycles. The van der Waals surface area contributed by atoms with Gasteiger partial charge < -0.3 is 4.74 Å². The Bertz CT molecular complexity index is 578. The van der Waals surface area contributed by atoms with Gasteiger partial charge in [0.05, 0.1) is 11.9 Å². The van der Waals surface area contributed by atoms with Crippen molar-refractivity contribution in [1.82, 2.24) is 0 Å². The molecule has 0 bridgehead atoms. The third kappa shape index (κ3) is 3.13. The van der Waals surface area contributed by atoms with Crippen LogP contribution < -0.4 is 4.74 Å². The smallest absolute Gasteiger partial charge is 0.126 e. The number of ether oxygens (including phenoxy) is 1. The molecule has 0 N–H and O–H groups in total.